The van der Waals surface area contributed by atoms with Gasteiger partial charge >= 0.3 is 6.36 Å². The van der Waals surface area contributed by atoms with Gasteiger partial charge in [-0.3, -0.25) is 0 Å². The van der Waals surface area contributed by atoms with Gasteiger partial charge in [0.25, 0.3) is 0 Å². The number of ether oxygens (including phenoxy) is 1. The Bertz CT molecular complexity index is 817. The van der Waals surface area contributed by atoms with E-state index in [2.05, 4.69) is 30.4 Å². The lowest BCUT2D eigenvalue weighted by molar-refractivity contribution is -0.274. The SMILES string of the molecule is Cc1noc(CSc2nnnn2-c2ccc(OC(F)(F)F)cc2)n1. The summed E-state index contributed by atoms with van der Waals surface area (Å²) in [7, 11) is 0. The quantitative estimate of drug-likeness (QED) is 0.643. The second kappa shape index (κ2) is 6.47. The molecule has 2 aromatic heterocycles. The Labute approximate surface area is 137 Å². The van der Waals surface area contributed by atoms with Gasteiger partial charge in [0, 0.05) is 0 Å². The first-order valence-electron chi connectivity index (χ1n) is 6.47. The summed E-state index contributed by atoms with van der Waals surface area (Å²) in [6, 6.07) is 5.19. The van der Waals surface area contributed by atoms with E-state index in [1.165, 1.54) is 40.7 Å². The molecule has 0 bridgehead atoms. The van der Waals surface area contributed by atoms with Crippen LogP contribution in [0.2, 0.25) is 0 Å². The molecule has 0 aliphatic carbocycles. The number of aryl methyl sites for hydroxylation is 1. The monoisotopic (exact) mass is 358 g/mol. The summed E-state index contributed by atoms with van der Waals surface area (Å²) in [5.74, 6) is 0.970. The van der Waals surface area contributed by atoms with Crippen molar-refractivity contribution < 1.29 is 22.4 Å². The molecule has 0 radical (unpaired) electrons. The fraction of sp³-hybridized carbons (Fsp3) is 0.250. The topological polar surface area (TPSA) is 91.8 Å². The highest BCUT2D eigenvalue weighted by molar-refractivity contribution is 7.98. The average molecular weight is 358 g/mol. The summed E-state index contributed by atoms with van der Waals surface area (Å²) in [4.78, 5) is 4.06. The molecule has 0 spiro atoms. The Morgan fingerprint density at radius 3 is 2.62 bits per heavy atom. The number of hydrogen-bond acceptors (Lipinski definition) is 8. The van der Waals surface area contributed by atoms with Gasteiger partial charge in [-0.25, -0.2) is 0 Å². The average Bonchev–Trinajstić information content (AvgIpc) is 3.13. The molecule has 8 nitrogen and oxygen atoms in total. The standard InChI is InChI=1S/C12H9F3N6O2S/c1-7-16-10(23-18-7)6-24-11-17-19-20-21(11)8-2-4-9(5-3-8)22-12(13,14)15/h2-5H,6H2,1H3. The van der Waals surface area contributed by atoms with E-state index < -0.39 is 6.36 Å². The second-order valence-corrected chi connectivity index (χ2v) is 5.38. The smallest absolute Gasteiger partial charge is 0.406 e. The molecule has 0 atom stereocenters. The number of nitrogens with zero attached hydrogens (tertiary/aromatic N) is 6. The van der Waals surface area contributed by atoms with Gasteiger partial charge in [-0.15, -0.1) is 18.3 Å². The lowest BCUT2D eigenvalue weighted by Gasteiger charge is -2.09. The number of rotatable bonds is 5. The number of thioether (sulfide) groups is 1. The Kier molecular flexibility index (Phi) is 4.38. The van der Waals surface area contributed by atoms with E-state index in [0.29, 0.717) is 28.3 Å². The molecule has 0 aliphatic heterocycles. The van der Waals surface area contributed by atoms with E-state index in [9.17, 15) is 13.2 Å². The van der Waals surface area contributed by atoms with Gasteiger partial charge in [-0.05, 0) is 41.6 Å². The molecular weight excluding hydrogens is 349 g/mol. The predicted octanol–water partition coefficient (Wildman–Crippen LogP) is 2.54. The normalized spacial score (nSPS) is 11.7. The molecule has 0 aliphatic rings. The third kappa shape index (κ3) is 4.01. The van der Waals surface area contributed by atoms with Crippen molar-refractivity contribution in [3.63, 3.8) is 0 Å². The number of benzene rings is 1. The van der Waals surface area contributed by atoms with Crippen LogP contribution in [0.15, 0.2) is 33.9 Å². The van der Waals surface area contributed by atoms with E-state index >= 15 is 0 Å². The van der Waals surface area contributed by atoms with Crippen molar-refractivity contribution in [3.8, 4) is 11.4 Å². The molecule has 0 amide bonds. The van der Waals surface area contributed by atoms with E-state index in [4.69, 9.17) is 4.52 Å². The molecule has 0 saturated carbocycles. The summed E-state index contributed by atoms with van der Waals surface area (Å²) >= 11 is 1.25. The van der Waals surface area contributed by atoms with Crippen LogP contribution in [-0.2, 0) is 5.75 Å². The van der Waals surface area contributed by atoms with Crippen LogP contribution < -0.4 is 4.74 Å². The van der Waals surface area contributed by atoms with Gasteiger partial charge in [0.1, 0.15) is 5.75 Å². The molecule has 1 aromatic carbocycles. The molecule has 12 heteroatoms. The highest BCUT2D eigenvalue weighted by Gasteiger charge is 2.31. The number of alkyl halides is 3. The van der Waals surface area contributed by atoms with E-state index in [1.807, 2.05) is 0 Å². The van der Waals surface area contributed by atoms with Crippen LogP contribution >= 0.6 is 11.8 Å². The van der Waals surface area contributed by atoms with E-state index in [0.717, 1.165) is 0 Å². The van der Waals surface area contributed by atoms with Crippen LogP contribution in [0.1, 0.15) is 11.7 Å². The van der Waals surface area contributed by atoms with Crippen molar-refractivity contribution in [2.45, 2.75) is 24.2 Å². The minimum Gasteiger partial charge on any atom is -0.406 e. The van der Waals surface area contributed by atoms with Crippen molar-refractivity contribution in [1.82, 2.24) is 30.3 Å². The maximum Gasteiger partial charge on any atom is 0.573 e. The molecular formula is C12H9F3N6O2S. The zero-order chi connectivity index (χ0) is 17.2. The Balaban J connectivity index is 1.72. The third-order valence-corrected chi connectivity index (χ3v) is 3.55. The van der Waals surface area contributed by atoms with Gasteiger partial charge in [0.05, 0.1) is 11.4 Å². The van der Waals surface area contributed by atoms with Crippen LogP contribution in [0, 0.1) is 6.92 Å². The van der Waals surface area contributed by atoms with Crippen molar-refractivity contribution in [2.24, 2.45) is 0 Å². The first-order valence-corrected chi connectivity index (χ1v) is 7.46. The van der Waals surface area contributed by atoms with Gasteiger partial charge < -0.3 is 9.26 Å². The number of tetrazole rings is 1. The summed E-state index contributed by atoms with van der Waals surface area (Å²) in [6.45, 7) is 1.70. The van der Waals surface area contributed by atoms with E-state index in [1.54, 1.807) is 6.92 Å². The van der Waals surface area contributed by atoms with Crippen LogP contribution in [0.25, 0.3) is 5.69 Å². The number of halogens is 3. The van der Waals surface area contributed by atoms with Crippen molar-refractivity contribution in [2.75, 3.05) is 0 Å². The van der Waals surface area contributed by atoms with Gasteiger partial charge in [0.2, 0.25) is 11.0 Å². The molecule has 0 unspecified atom stereocenters. The van der Waals surface area contributed by atoms with Crippen LogP contribution in [0.4, 0.5) is 13.2 Å². The van der Waals surface area contributed by atoms with Gasteiger partial charge in [-0.1, -0.05) is 16.9 Å². The second-order valence-electron chi connectivity index (χ2n) is 4.44. The Hall–Kier alpha value is -2.63. The molecule has 0 fully saturated rings. The fourth-order valence-electron chi connectivity index (χ4n) is 1.74. The third-order valence-electron chi connectivity index (χ3n) is 2.65. The highest BCUT2D eigenvalue weighted by atomic mass is 32.2. The Morgan fingerprint density at radius 1 is 1.25 bits per heavy atom. The molecule has 3 aromatic rings. The van der Waals surface area contributed by atoms with Crippen LogP contribution in [0.5, 0.6) is 5.75 Å². The molecule has 3 rings (SSSR count). The highest BCUT2D eigenvalue weighted by Crippen LogP contribution is 2.25. The minimum absolute atomic E-state index is 0.324. The Morgan fingerprint density at radius 2 is 2.00 bits per heavy atom. The maximum atomic E-state index is 12.2. The van der Waals surface area contributed by atoms with Gasteiger partial charge in [0.15, 0.2) is 5.82 Å². The first-order chi connectivity index (χ1) is 11.4. The zero-order valence-corrected chi connectivity index (χ0v) is 12.9. The van der Waals surface area contributed by atoms with Crippen molar-refractivity contribution >= 4 is 11.8 Å². The van der Waals surface area contributed by atoms with Crippen molar-refractivity contribution in [1.29, 1.82) is 0 Å². The predicted molar refractivity (Wildman–Crippen MR) is 74.4 cm³/mol. The zero-order valence-electron chi connectivity index (χ0n) is 12.1. The van der Waals surface area contributed by atoms with Crippen LogP contribution in [0.3, 0.4) is 0 Å². The molecule has 2 heterocycles. The van der Waals surface area contributed by atoms with Crippen LogP contribution in [-0.4, -0.2) is 36.7 Å². The summed E-state index contributed by atoms with van der Waals surface area (Å²) < 4.78 is 46.7. The lowest BCUT2D eigenvalue weighted by Crippen LogP contribution is -2.17. The molecule has 24 heavy (non-hydrogen) atoms. The summed E-state index contributed by atoms with van der Waals surface area (Å²) in [5, 5.41) is 15.3. The van der Waals surface area contributed by atoms with Crippen molar-refractivity contribution in [3.05, 3.63) is 36.0 Å². The summed E-state index contributed by atoms with van der Waals surface area (Å²) in [5.41, 5.74) is 0.485. The first kappa shape index (κ1) is 16.2. The maximum absolute atomic E-state index is 12.2. The number of hydrogen-bond donors (Lipinski definition) is 0. The largest absolute Gasteiger partial charge is 0.573 e. The number of aromatic nitrogens is 6. The minimum atomic E-state index is -4.74. The van der Waals surface area contributed by atoms with E-state index in [-0.39, 0.29) is 5.75 Å². The molecule has 0 saturated heterocycles. The van der Waals surface area contributed by atoms with Gasteiger partial charge in [-0.2, -0.15) is 9.67 Å². The lowest BCUT2D eigenvalue weighted by atomic mass is 10.3. The molecule has 126 valence electrons. The molecule has 0 N–H and O–H groups in total. The fourth-order valence-corrected chi connectivity index (χ4v) is 2.47. The summed E-state index contributed by atoms with van der Waals surface area (Å²) in [6.07, 6.45) is -4.74.